The maximum Gasteiger partial charge on any atom is 0.335 e. The minimum Gasteiger partial charge on any atom is -0.478 e. The van der Waals surface area contributed by atoms with Crippen LogP contribution in [0.4, 0.5) is 49.4 Å². The van der Waals surface area contributed by atoms with Crippen LogP contribution < -0.4 is 31.9 Å². The van der Waals surface area contributed by atoms with E-state index in [1.807, 2.05) is 81.4 Å². The SMILES string of the molecule is Cc1cc(C)c(Nc2ccc3c(-c4ccccc4S(=O)(=O)O)c4cc/c(=N\c5c(C)c(NC(=O)Nc6ccc(-c7ccc(C(=O)O)cc7)cc6)c(C)c(S(=O)(=O)O)c5C)cc-4oc3c2)c(C)c1NC(=O)Nc1ccc(-c2ccccc2)cc1. The van der Waals surface area contributed by atoms with Gasteiger partial charge in [0.2, 0.25) is 0 Å². The van der Waals surface area contributed by atoms with Crippen molar-refractivity contribution in [3.63, 3.8) is 0 Å². The van der Waals surface area contributed by atoms with Gasteiger partial charge in [-0.2, -0.15) is 16.8 Å². The monoisotopic (exact) mass is 1150 g/mol. The van der Waals surface area contributed by atoms with Crippen LogP contribution in [-0.4, -0.2) is 49.1 Å². The molecular weight excluding hydrogens is 1090 g/mol. The number of hydrogen-bond donors (Lipinski definition) is 8. The van der Waals surface area contributed by atoms with Gasteiger partial charge in [0.25, 0.3) is 20.2 Å². The number of carboxylic acids is 1. The average Bonchev–Trinajstić information content (AvgIpc) is 2.62. The number of aryl methyl sites for hydroxylation is 2. The Bertz CT molecular complexity index is 4530. The standard InChI is InChI=1S/C64H54N6O11S2/c1-35-32-36(2)58(69-63(73)67-46-24-20-43(21-25-46)41-12-8-7-9-13-41)37(3)57(35)65-48-28-30-50-53(33-48)81-54-34-49(29-31-51(54)56(50)52-14-10-11-15-55(52)82(75,76)77)66-59-38(4)60(40(6)61(39(59)5)83(78,79)80)70-64(74)68-47-26-22-44(23-27-47)42-16-18-45(19-17-42)62(71)72/h7-34,65H,1-6H3,(H,71,72)(H2,67,69,73)(H2,68,70,74)(H,75,76,77)(H,78,79,80)/b66-49+. The van der Waals surface area contributed by atoms with E-state index in [1.54, 1.807) is 91.9 Å². The second kappa shape index (κ2) is 22.6. The van der Waals surface area contributed by atoms with Crippen LogP contribution in [0.25, 0.3) is 55.7 Å². The lowest BCUT2D eigenvalue weighted by molar-refractivity contribution is 0.0696. The first-order valence-electron chi connectivity index (χ1n) is 25.9. The first-order valence-corrected chi connectivity index (χ1v) is 28.8. The topological polar surface area (TPSA) is 266 Å². The molecule has 8 N–H and O–H groups in total. The second-order valence-corrected chi connectivity index (χ2v) is 22.7. The number of anilines is 6. The van der Waals surface area contributed by atoms with Gasteiger partial charge in [0.1, 0.15) is 21.1 Å². The maximum atomic E-state index is 13.7. The van der Waals surface area contributed by atoms with E-state index in [9.17, 15) is 45.4 Å². The molecule has 83 heavy (non-hydrogen) atoms. The first-order chi connectivity index (χ1) is 39.5. The molecule has 19 heteroatoms. The number of urea groups is 2. The number of nitrogens with zero attached hydrogens (tertiary/aromatic N) is 1. The molecule has 0 aromatic heterocycles. The lowest BCUT2D eigenvalue weighted by Crippen LogP contribution is -2.21. The Morgan fingerprint density at radius 3 is 1.61 bits per heavy atom. The highest BCUT2D eigenvalue weighted by atomic mass is 32.2. The Labute approximate surface area is 478 Å². The van der Waals surface area contributed by atoms with Crippen molar-refractivity contribution >= 4 is 89.0 Å². The van der Waals surface area contributed by atoms with Crippen LogP contribution in [-0.2, 0) is 20.2 Å². The van der Waals surface area contributed by atoms with E-state index in [2.05, 4.69) is 26.6 Å². The summed E-state index contributed by atoms with van der Waals surface area (Å²) in [7, 11) is -9.67. The third-order valence-corrected chi connectivity index (χ3v) is 16.4. The summed E-state index contributed by atoms with van der Waals surface area (Å²) in [6.07, 6.45) is 0. The van der Waals surface area contributed by atoms with Crippen LogP contribution in [0.15, 0.2) is 189 Å². The van der Waals surface area contributed by atoms with Crippen LogP contribution in [0.1, 0.15) is 43.7 Å². The van der Waals surface area contributed by atoms with Gasteiger partial charge in [0, 0.05) is 57.0 Å². The van der Waals surface area contributed by atoms with Crippen molar-refractivity contribution in [1.29, 1.82) is 0 Å². The largest absolute Gasteiger partial charge is 0.478 e. The second-order valence-electron chi connectivity index (χ2n) is 19.9. The Kier molecular flexibility index (Phi) is 15.3. The molecule has 0 unspecified atom stereocenters. The molecule has 1 aliphatic heterocycles. The van der Waals surface area contributed by atoms with Crippen LogP contribution in [0.2, 0.25) is 0 Å². The van der Waals surface area contributed by atoms with Gasteiger partial charge < -0.3 is 36.1 Å². The van der Waals surface area contributed by atoms with Gasteiger partial charge >= 0.3 is 18.0 Å². The van der Waals surface area contributed by atoms with Gasteiger partial charge in [-0.3, -0.25) is 9.11 Å². The summed E-state index contributed by atoms with van der Waals surface area (Å²) in [5, 5.41) is 25.0. The highest BCUT2D eigenvalue weighted by Crippen LogP contribution is 2.44. The van der Waals surface area contributed by atoms with Crippen molar-refractivity contribution in [2.75, 3.05) is 26.6 Å². The van der Waals surface area contributed by atoms with Crippen molar-refractivity contribution < 1.29 is 49.8 Å². The predicted molar refractivity (Wildman–Crippen MR) is 324 cm³/mol. The zero-order chi connectivity index (χ0) is 59.1. The van der Waals surface area contributed by atoms with E-state index in [4.69, 9.17) is 9.41 Å². The molecule has 8 aromatic rings. The molecule has 0 bridgehead atoms. The van der Waals surface area contributed by atoms with Gasteiger partial charge in [0.15, 0.2) is 0 Å². The highest BCUT2D eigenvalue weighted by Gasteiger charge is 2.27. The lowest BCUT2D eigenvalue weighted by atomic mass is 9.93. The van der Waals surface area contributed by atoms with Gasteiger partial charge in [-0.15, -0.1) is 0 Å². The summed E-state index contributed by atoms with van der Waals surface area (Å²) in [6.45, 7) is 10.3. The third-order valence-electron chi connectivity index (χ3n) is 14.4. The fourth-order valence-electron chi connectivity index (χ4n) is 10.5. The molecular formula is C64H54N6O11S2. The Morgan fingerprint density at radius 2 is 1.02 bits per heavy atom. The van der Waals surface area contributed by atoms with Crippen LogP contribution in [0.3, 0.4) is 0 Å². The highest BCUT2D eigenvalue weighted by molar-refractivity contribution is 7.86. The molecule has 1 heterocycles. The zero-order valence-corrected chi connectivity index (χ0v) is 47.2. The number of aromatic carboxylic acids is 1. The first kappa shape index (κ1) is 56.4. The molecule has 0 fully saturated rings. The van der Waals surface area contributed by atoms with Gasteiger partial charge in [-0.05, 0) is 164 Å². The number of carboxylic acid groups (broad SMARTS) is 1. The summed E-state index contributed by atoms with van der Waals surface area (Å²) in [5.41, 5.74) is 11.0. The molecule has 0 saturated carbocycles. The average molecular weight is 1150 g/mol. The molecule has 0 spiro atoms. The van der Waals surface area contributed by atoms with Crippen molar-refractivity contribution in [3.8, 4) is 44.7 Å². The molecule has 4 amide bonds. The summed E-state index contributed by atoms with van der Waals surface area (Å²) in [4.78, 5) is 42.6. The van der Waals surface area contributed by atoms with Crippen molar-refractivity contribution in [2.24, 2.45) is 4.99 Å². The lowest BCUT2D eigenvalue weighted by Gasteiger charge is -2.21. The van der Waals surface area contributed by atoms with Crippen molar-refractivity contribution in [2.45, 2.75) is 51.3 Å². The summed E-state index contributed by atoms with van der Waals surface area (Å²) in [6, 6.07) is 47.5. The molecule has 0 radical (unpaired) electrons. The van der Waals surface area contributed by atoms with Gasteiger partial charge in [-0.25, -0.2) is 19.4 Å². The molecule has 0 atom stereocenters. The van der Waals surface area contributed by atoms with Crippen LogP contribution in [0.5, 0.6) is 0 Å². The van der Waals surface area contributed by atoms with E-state index < -0.39 is 43.2 Å². The fraction of sp³-hybridized carbons (Fsp3) is 0.0938. The van der Waals surface area contributed by atoms with Gasteiger partial charge in [-0.1, -0.05) is 91.0 Å². The zero-order valence-electron chi connectivity index (χ0n) is 45.5. The van der Waals surface area contributed by atoms with E-state index in [-0.39, 0.29) is 55.2 Å². The number of amides is 4. The minimum atomic E-state index is -4.91. The third kappa shape index (κ3) is 11.8. The predicted octanol–water partition coefficient (Wildman–Crippen LogP) is 14.8. The molecule has 10 rings (SSSR count). The van der Waals surface area contributed by atoms with E-state index in [0.717, 1.165) is 38.9 Å². The molecule has 418 valence electrons. The van der Waals surface area contributed by atoms with Crippen molar-refractivity contribution in [1.82, 2.24) is 0 Å². The smallest absolute Gasteiger partial charge is 0.335 e. The number of nitrogens with one attached hydrogen (secondary N) is 5. The molecule has 17 nitrogen and oxygen atoms in total. The molecule has 2 aliphatic rings. The number of fused-ring (bicyclic) bond motifs is 2. The molecule has 8 aromatic carbocycles. The summed E-state index contributed by atoms with van der Waals surface area (Å²) in [5.74, 6) is -0.835. The quantitative estimate of drug-likeness (QED) is 0.0396. The Balaban J connectivity index is 1.00. The Hall–Kier alpha value is -9.92. The summed E-state index contributed by atoms with van der Waals surface area (Å²) >= 11 is 0. The fourth-order valence-corrected chi connectivity index (χ4v) is 12.1. The maximum absolute atomic E-state index is 13.7. The van der Waals surface area contributed by atoms with Gasteiger partial charge in [0.05, 0.1) is 28.0 Å². The Morgan fingerprint density at radius 1 is 0.482 bits per heavy atom. The molecule has 1 aliphatic carbocycles. The minimum absolute atomic E-state index is 0.0540. The molecule has 0 saturated heterocycles. The summed E-state index contributed by atoms with van der Waals surface area (Å²) < 4.78 is 80.0. The number of carbonyl (C=O) groups excluding carboxylic acids is 2. The number of hydrogen-bond acceptors (Lipinski definition) is 10. The number of carbonyl (C=O) groups is 3. The van der Waals surface area contributed by atoms with E-state index in [1.165, 1.54) is 38.1 Å². The normalized spacial score (nSPS) is 11.8. The number of rotatable bonds is 13. The van der Waals surface area contributed by atoms with E-state index in [0.29, 0.717) is 50.5 Å². The van der Waals surface area contributed by atoms with Crippen LogP contribution in [0, 0.1) is 41.5 Å². The van der Waals surface area contributed by atoms with Crippen LogP contribution >= 0.6 is 0 Å². The van der Waals surface area contributed by atoms with E-state index >= 15 is 0 Å². The number of benzene rings is 9. The van der Waals surface area contributed by atoms with Crippen molar-refractivity contribution in [3.05, 3.63) is 214 Å².